The quantitative estimate of drug-likeness (QED) is 0.573. The fourth-order valence-corrected chi connectivity index (χ4v) is 1.65. The fraction of sp³-hybridized carbons (Fsp3) is 0.889. The summed E-state index contributed by atoms with van der Waals surface area (Å²) in [6.45, 7) is 0. The minimum Gasteiger partial charge on any atom is -0.299 e. The number of hydrogen-bond donors (Lipinski definition) is 0. The van der Waals surface area contributed by atoms with Crippen molar-refractivity contribution >= 4 is 17.5 Å². The molecule has 0 radical (unpaired) electrons. The van der Waals surface area contributed by atoms with Gasteiger partial charge in [0.05, 0.1) is 0 Å². The Balaban J connectivity index is 1.89. The molecule has 0 unspecified atom stereocenters. The third-order valence-electron chi connectivity index (χ3n) is 2.05. The van der Waals surface area contributed by atoms with Crippen LogP contribution < -0.4 is 0 Å². The molecule has 11 heavy (non-hydrogen) atoms. The van der Waals surface area contributed by atoms with Crippen LogP contribution in [0.5, 0.6) is 0 Å². The highest BCUT2D eigenvalue weighted by Gasteiger charge is 2.28. The SMILES string of the molecule is CSCCCCC(=O)C1CC1. The minimum atomic E-state index is 0.476. The third-order valence-corrected chi connectivity index (χ3v) is 2.75. The lowest BCUT2D eigenvalue weighted by Crippen LogP contribution is -1.99. The van der Waals surface area contributed by atoms with Gasteiger partial charge in [0.1, 0.15) is 5.78 Å². The first-order chi connectivity index (χ1) is 5.34. The van der Waals surface area contributed by atoms with Crippen LogP contribution in [-0.4, -0.2) is 17.8 Å². The molecule has 1 rings (SSSR count). The molecule has 64 valence electrons. The Hall–Kier alpha value is 0.0200. The molecule has 0 aliphatic heterocycles. The van der Waals surface area contributed by atoms with Crippen LogP contribution in [0.1, 0.15) is 32.1 Å². The second-order valence-electron chi connectivity index (χ2n) is 3.19. The van der Waals surface area contributed by atoms with Crippen LogP contribution >= 0.6 is 11.8 Å². The molecule has 2 heteroatoms. The Morgan fingerprint density at radius 1 is 1.45 bits per heavy atom. The van der Waals surface area contributed by atoms with E-state index in [9.17, 15) is 4.79 Å². The predicted octanol–water partition coefficient (Wildman–Crippen LogP) is 2.50. The molecule has 0 aromatic rings. The highest BCUT2D eigenvalue weighted by atomic mass is 32.2. The van der Waals surface area contributed by atoms with Gasteiger partial charge in [0.25, 0.3) is 0 Å². The largest absolute Gasteiger partial charge is 0.299 e. The first kappa shape index (κ1) is 9.11. The van der Waals surface area contributed by atoms with Gasteiger partial charge in [-0.05, 0) is 37.7 Å². The van der Waals surface area contributed by atoms with E-state index in [-0.39, 0.29) is 0 Å². The molecule has 1 fully saturated rings. The van der Waals surface area contributed by atoms with Crippen molar-refractivity contribution in [2.24, 2.45) is 5.92 Å². The van der Waals surface area contributed by atoms with Crippen molar-refractivity contribution in [2.45, 2.75) is 32.1 Å². The predicted molar refractivity (Wildman–Crippen MR) is 50.0 cm³/mol. The van der Waals surface area contributed by atoms with Gasteiger partial charge in [-0.3, -0.25) is 4.79 Å². The number of carbonyl (C=O) groups excluding carboxylic acids is 1. The summed E-state index contributed by atoms with van der Waals surface area (Å²) in [5, 5.41) is 0. The molecule has 0 heterocycles. The Kier molecular flexibility index (Phi) is 3.98. The minimum absolute atomic E-state index is 0.476. The molecule has 0 amide bonds. The Labute approximate surface area is 72.9 Å². The molecular weight excluding hydrogens is 156 g/mol. The van der Waals surface area contributed by atoms with Crippen LogP contribution in [0.3, 0.4) is 0 Å². The van der Waals surface area contributed by atoms with Crippen LogP contribution in [0.15, 0.2) is 0 Å². The van der Waals surface area contributed by atoms with E-state index in [0.29, 0.717) is 11.7 Å². The van der Waals surface area contributed by atoms with Crippen molar-refractivity contribution in [3.63, 3.8) is 0 Å². The van der Waals surface area contributed by atoms with Crippen LogP contribution in [0.2, 0.25) is 0 Å². The second kappa shape index (κ2) is 4.81. The van der Waals surface area contributed by atoms with E-state index in [1.165, 1.54) is 25.0 Å². The van der Waals surface area contributed by atoms with E-state index in [0.717, 1.165) is 12.8 Å². The molecule has 1 aliphatic carbocycles. The number of Topliss-reactive ketones (excluding diaryl/α,β-unsaturated/α-hetero) is 1. The maximum absolute atomic E-state index is 11.2. The first-order valence-corrected chi connectivity index (χ1v) is 5.75. The zero-order valence-corrected chi connectivity index (χ0v) is 7.95. The number of ketones is 1. The zero-order chi connectivity index (χ0) is 8.10. The molecule has 0 atom stereocenters. The highest BCUT2D eigenvalue weighted by Crippen LogP contribution is 2.31. The molecule has 1 nitrogen and oxygen atoms in total. The van der Waals surface area contributed by atoms with Gasteiger partial charge in [0, 0.05) is 12.3 Å². The summed E-state index contributed by atoms with van der Waals surface area (Å²) in [5.41, 5.74) is 0. The van der Waals surface area contributed by atoms with E-state index >= 15 is 0 Å². The van der Waals surface area contributed by atoms with Crippen molar-refractivity contribution in [2.75, 3.05) is 12.0 Å². The maximum atomic E-state index is 11.2. The van der Waals surface area contributed by atoms with Gasteiger partial charge in [0.2, 0.25) is 0 Å². The highest BCUT2D eigenvalue weighted by molar-refractivity contribution is 7.98. The van der Waals surface area contributed by atoms with Crippen molar-refractivity contribution in [1.29, 1.82) is 0 Å². The number of thioether (sulfide) groups is 1. The number of hydrogen-bond acceptors (Lipinski definition) is 2. The van der Waals surface area contributed by atoms with E-state index in [1.54, 1.807) is 0 Å². The lowest BCUT2D eigenvalue weighted by atomic mass is 10.1. The summed E-state index contributed by atoms with van der Waals surface area (Å²) in [6, 6.07) is 0. The summed E-state index contributed by atoms with van der Waals surface area (Å²) in [6.07, 6.45) is 7.60. The van der Waals surface area contributed by atoms with Crippen molar-refractivity contribution in [1.82, 2.24) is 0 Å². The molecule has 0 bridgehead atoms. The Bertz CT molecular complexity index is 130. The summed E-state index contributed by atoms with van der Waals surface area (Å²) in [4.78, 5) is 11.2. The Morgan fingerprint density at radius 3 is 2.73 bits per heavy atom. The standard InChI is InChI=1S/C9H16OS/c1-11-7-3-2-4-9(10)8-5-6-8/h8H,2-7H2,1H3. The molecule has 0 spiro atoms. The van der Waals surface area contributed by atoms with Crippen LogP contribution in [0, 0.1) is 5.92 Å². The van der Waals surface area contributed by atoms with Crippen LogP contribution in [-0.2, 0) is 4.79 Å². The summed E-state index contributed by atoms with van der Waals surface area (Å²) in [7, 11) is 0. The van der Waals surface area contributed by atoms with E-state index in [1.807, 2.05) is 11.8 Å². The van der Waals surface area contributed by atoms with Gasteiger partial charge in [-0.25, -0.2) is 0 Å². The van der Waals surface area contributed by atoms with Crippen LogP contribution in [0.4, 0.5) is 0 Å². The van der Waals surface area contributed by atoms with Crippen molar-refractivity contribution in [3.05, 3.63) is 0 Å². The summed E-state index contributed by atoms with van der Waals surface area (Å²) in [5.74, 6) is 2.20. The molecular formula is C9H16OS. The van der Waals surface area contributed by atoms with Crippen molar-refractivity contribution < 1.29 is 4.79 Å². The average Bonchev–Trinajstić information content (AvgIpc) is 2.79. The van der Waals surface area contributed by atoms with Gasteiger partial charge in [-0.15, -0.1) is 0 Å². The van der Waals surface area contributed by atoms with Gasteiger partial charge in [-0.1, -0.05) is 0 Å². The molecule has 1 saturated carbocycles. The summed E-state index contributed by atoms with van der Waals surface area (Å²) < 4.78 is 0. The lowest BCUT2D eigenvalue weighted by Gasteiger charge is -1.97. The molecule has 0 aromatic carbocycles. The summed E-state index contributed by atoms with van der Waals surface area (Å²) >= 11 is 1.87. The number of rotatable bonds is 6. The fourth-order valence-electron chi connectivity index (χ4n) is 1.16. The molecule has 1 aliphatic rings. The smallest absolute Gasteiger partial charge is 0.135 e. The van der Waals surface area contributed by atoms with E-state index in [4.69, 9.17) is 0 Å². The monoisotopic (exact) mass is 172 g/mol. The zero-order valence-electron chi connectivity index (χ0n) is 7.14. The number of unbranched alkanes of at least 4 members (excludes halogenated alkanes) is 1. The van der Waals surface area contributed by atoms with Gasteiger partial charge in [-0.2, -0.15) is 11.8 Å². The van der Waals surface area contributed by atoms with Crippen LogP contribution in [0.25, 0.3) is 0 Å². The third kappa shape index (κ3) is 3.80. The average molecular weight is 172 g/mol. The molecule has 0 saturated heterocycles. The molecule has 0 N–H and O–H groups in total. The van der Waals surface area contributed by atoms with E-state index < -0.39 is 0 Å². The van der Waals surface area contributed by atoms with Gasteiger partial charge in [0.15, 0.2) is 0 Å². The van der Waals surface area contributed by atoms with Gasteiger partial charge >= 0.3 is 0 Å². The number of carbonyl (C=O) groups is 1. The van der Waals surface area contributed by atoms with Crippen molar-refractivity contribution in [3.8, 4) is 0 Å². The van der Waals surface area contributed by atoms with E-state index in [2.05, 4.69) is 6.26 Å². The lowest BCUT2D eigenvalue weighted by molar-refractivity contribution is -0.120. The second-order valence-corrected chi connectivity index (χ2v) is 4.18. The molecule has 0 aromatic heterocycles. The van der Waals surface area contributed by atoms with Gasteiger partial charge < -0.3 is 0 Å². The normalized spacial score (nSPS) is 16.8. The maximum Gasteiger partial charge on any atom is 0.135 e. The topological polar surface area (TPSA) is 17.1 Å². The Morgan fingerprint density at radius 2 is 2.18 bits per heavy atom. The first-order valence-electron chi connectivity index (χ1n) is 4.36.